The van der Waals surface area contributed by atoms with Crippen LogP contribution in [0.25, 0.3) is 0 Å². The Labute approximate surface area is 53.2 Å². The molecule has 48 valence electrons. The minimum absolute atomic E-state index is 0.152. The zero-order chi connectivity index (χ0) is 6.43. The van der Waals surface area contributed by atoms with E-state index in [-0.39, 0.29) is 18.0 Å². The van der Waals surface area contributed by atoms with Crippen LogP contribution in [0, 0.1) is 11.8 Å². The fourth-order valence-corrected chi connectivity index (χ4v) is 1.56. The van der Waals surface area contributed by atoms with Crippen molar-refractivity contribution in [1.29, 1.82) is 0 Å². The van der Waals surface area contributed by atoms with Crippen LogP contribution in [0.4, 0.5) is 0 Å². The maximum Gasteiger partial charge on any atom is 0.143 e. The summed E-state index contributed by atoms with van der Waals surface area (Å²) in [5.41, 5.74) is 0. The molecule has 9 heavy (non-hydrogen) atoms. The molecule has 0 spiro atoms. The Hall–Kier alpha value is -0.660. The van der Waals surface area contributed by atoms with E-state index < -0.39 is 0 Å². The van der Waals surface area contributed by atoms with Gasteiger partial charge in [-0.25, -0.2) is 0 Å². The van der Waals surface area contributed by atoms with E-state index in [1.165, 1.54) is 0 Å². The summed E-state index contributed by atoms with van der Waals surface area (Å²) in [7, 11) is 0. The molecule has 2 fully saturated rings. The van der Waals surface area contributed by atoms with E-state index in [1.54, 1.807) is 0 Å². The van der Waals surface area contributed by atoms with Gasteiger partial charge in [0, 0.05) is 12.3 Å². The minimum Gasteiger partial charge on any atom is -0.299 e. The van der Waals surface area contributed by atoms with Crippen molar-refractivity contribution in [2.24, 2.45) is 11.8 Å². The molecule has 2 heteroatoms. The molecule has 0 radical (unpaired) electrons. The Balaban J connectivity index is 2.15. The van der Waals surface area contributed by atoms with Gasteiger partial charge in [-0.05, 0) is 12.3 Å². The van der Waals surface area contributed by atoms with Crippen LogP contribution in [0.15, 0.2) is 0 Å². The van der Waals surface area contributed by atoms with Gasteiger partial charge in [0.1, 0.15) is 11.6 Å². The molecule has 0 amide bonds. The second kappa shape index (κ2) is 1.43. The maximum atomic E-state index is 10.8. The van der Waals surface area contributed by atoms with Gasteiger partial charge in [0.2, 0.25) is 0 Å². The first-order valence-corrected chi connectivity index (χ1v) is 3.32. The Bertz CT molecular complexity index is 183. The van der Waals surface area contributed by atoms with Gasteiger partial charge in [-0.3, -0.25) is 9.59 Å². The van der Waals surface area contributed by atoms with Crippen LogP contribution >= 0.6 is 0 Å². The molecule has 2 aliphatic carbocycles. The first kappa shape index (κ1) is 5.15. The highest BCUT2D eigenvalue weighted by molar-refractivity contribution is 6.04. The van der Waals surface area contributed by atoms with Gasteiger partial charge in [-0.15, -0.1) is 0 Å². The summed E-state index contributed by atoms with van der Waals surface area (Å²) in [6, 6.07) is 0. The summed E-state index contributed by atoms with van der Waals surface area (Å²) in [5.74, 6) is 1.09. The summed E-state index contributed by atoms with van der Waals surface area (Å²) in [6.45, 7) is 0. The van der Waals surface area contributed by atoms with Crippen molar-refractivity contribution in [3.8, 4) is 0 Å². The standard InChI is InChI=1S/C7H8O2/c8-5-1-4-2-6(4)7(9)3-5/h4,6H,1-3H2. The minimum atomic E-state index is 0.152. The fraction of sp³-hybridized carbons (Fsp3) is 0.714. The normalized spacial score (nSPS) is 40.4. The summed E-state index contributed by atoms with van der Waals surface area (Å²) < 4.78 is 0. The van der Waals surface area contributed by atoms with Gasteiger partial charge < -0.3 is 0 Å². The van der Waals surface area contributed by atoms with Crippen molar-refractivity contribution < 1.29 is 9.59 Å². The van der Waals surface area contributed by atoms with Gasteiger partial charge in [0.15, 0.2) is 0 Å². The fourth-order valence-electron chi connectivity index (χ4n) is 1.56. The van der Waals surface area contributed by atoms with E-state index in [1.807, 2.05) is 0 Å². The molecule has 2 nitrogen and oxygen atoms in total. The molecule has 2 saturated carbocycles. The molecule has 0 bridgehead atoms. The molecule has 2 rings (SSSR count). The zero-order valence-electron chi connectivity index (χ0n) is 5.09. The number of rotatable bonds is 0. The number of ketones is 2. The monoisotopic (exact) mass is 124 g/mol. The summed E-state index contributed by atoms with van der Waals surface area (Å²) in [5, 5.41) is 0. The largest absolute Gasteiger partial charge is 0.299 e. The molecule has 0 saturated heterocycles. The summed E-state index contributed by atoms with van der Waals surface area (Å²) >= 11 is 0. The van der Waals surface area contributed by atoms with Crippen LogP contribution in [0.1, 0.15) is 19.3 Å². The Kier molecular flexibility index (Phi) is 0.821. The molecule has 0 heterocycles. The van der Waals surface area contributed by atoms with Crippen LogP contribution in [-0.2, 0) is 9.59 Å². The van der Waals surface area contributed by atoms with E-state index in [0.29, 0.717) is 18.3 Å². The third-order valence-corrected chi connectivity index (χ3v) is 2.20. The maximum absolute atomic E-state index is 10.8. The first-order valence-electron chi connectivity index (χ1n) is 3.32. The van der Waals surface area contributed by atoms with Crippen LogP contribution in [-0.4, -0.2) is 11.6 Å². The lowest BCUT2D eigenvalue weighted by Crippen LogP contribution is -2.16. The van der Waals surface area contributed by atoms with Crippen molar-refractivity contribution in [3.63, 3.8) is 0 Å². The van der Waals surface area contributed by atoms with Gasteiger partial charge in [-0.1, -0.05) is 0 Å². The van der Waals surface area contributed by atoms with Crippen molar-refractivity contribution in [1.82, 2.24) is 0 Å². The van der Waals surface area contributed by atoms with E-state index >= 15 is 0 Å². The number of hydrogen-bond donors (Lipinski definition) is 0. The smallest absolute Gasteiger partial charge is 0.143 e. The number of Topliss-reactive ketones (excluding diaryl/α,β-unsaturated/α-hetero) is 2. The molecule has 0 aliphatic heterocycles. The molecule has 0 aromatic rings. The lowest BCUT2D eigenvalue weighted by atomic mass is 9.98. The van der Waals surface area contributed by atoms with Crippen LogP contribution in [0.3, 0.4) is 0 Å². The molecule has 2 unspecified atom stereocenters. The highest BCUT2D eigenvalue weighted by Crippen LogP contribution is 2.45. The molecule has 2 atom stereocenters. The van der Waals surface area contributed by atoms with Crippen molar-refractivity contribution in [2.75, 3.05) is 0 Å². The van der Waals surface area contributed by atoms with Crippen molar-refractivity contribution in [3.05, 3.63) is 0 Å². The Morgan fingerprint density at radius 2 is 2.11 bits per heavy atom. The average Bonchev–Trinajstić information content (AvgIpc) is 2.43. The third-order valence-electron chi connectivity index (χ3n) is 2.20. The first-order chi connectivity index (χ1) is 4.27. The zero-order valence-corrected chi connectivity index (χ0v) is 5.09. The highest BCUT2D eigenvalue weighted by Gasteiger charge is 2.47. The van der Waals surface area contributed by atoms with Gasteiger partial charge in [0.25, 0.3) is 0 Å². The summed E-state index contributed by atoms with van der Waals surface area (Å²) in [4.78, 5) is 21.5. The molecule has 0 N–H and O–H groups in total. The van der Waals surface area contributed by atoms with E-state index in [0.717, 1.165) is 6.42 Å². The molecular formula is C7H8O2. The van der Waals surface area contributed by atoms with Crippen LogP contribution in [0.5, 0.6) is 0 Å². The SMILES string of the molecule is O=C1CC(=O)C2CC2C1. The third kappa shape index (κ3) is 0.696. The molecule has 0 aromatic carbocycles. The second-order valence-electron chi connectivity index (χ2n) is 2.99. The lowest BCUT2D eigenvalue weighted by molar-refractivity contribution is -0.130. The Morgan fingerprint density at radius 1 is 1.33 bits per heavy atom. The summed E-state index contributed by atoms with van der Waals surface area (Å²) in [6.07, 6.45) is 1.89. The van der Waals surface area contributed by atoms with Gasteiger partial charge in [0.05, 0.1) is 6.42 Å². The van der Waals surface area contributed by atoms with Crippen LogP contribution in [0.2, 0.25) is 0 Å². The predicted octanol–water partition coefficient (Wildman–Crippen LogP) is 0.554. The van der Waals surface area contributed by atoms with Gasteiger partial charge in [-0.2, -0.15) is 0 Å². The van der Waals surface area contributed by atoms with E-state index in [2.05, 4.69) is 0 Å². The number of carbonyl (C=O) groups excluding carboxylic acids is 2. The molecule has 0 aromatic heterocycles. The second-order valence-corrected chi connectivity index (χ2v) is 2.99. The van der Waals surface area contributed by atoms with Gasteiger partial charge >= 0.3 is 0 Å². The van der Waals surface area contributed by atoms with Crippen LogP contribution < -0.4 is 0 Å². The Morgan fingerprint density at radius 3 is 2.78 bits per heavy atom. The van der Waals surface area contributed by atoms with Crippen molar-refractivity contribution >= 4 is 11.6 Å². The van der Waals surface area contributed by atoms with E-state index in [4.69, 9.17) is 0 Å². The number of carbonyl (C=O) groups is 2. The quantitative estimate of drug-likeness (QED) is 0.442. The average molecular weight is 124 g/mol. The highest BCUT2D eigenvalue weighted by atomic mass is 16.2. The number of fused-ring (bicyclic) bond motifs is 1. The number of hydrogen-bond acceptors (Lipinski definition) is 2. The van der Waals surface area contributed by atoms with Crippen molar-refractivity contribution in [2.45, 2.75) is 19.3 Å². The topological polar surface area (TPSA) is 34.1 Å². The van der Waals surface area contributed by atoms with E-state index in [9.17, 15) is 9.59 Å². The lowest BCUT2D eigenvalue weighted by Gasteiger charge is -2.04. The molecule has 2 aliphatic rings. The predicted molar refractivity (Wildman–Crippen MR) is 30.8 cm³/mol. The molecular weight excluding hydrogens is 116 g/mol.